The van der Waals surface area contributed by atoms with Crippen molar-refractivity contribution in [2.45, 2.75) is 50.6 Å². The average Bonchev–Trinajstić information content (AvgIpc) is 3.49. The Morgan fingerprint density at radius 1 is 0.976 bits per heavy atom. The number of fused-ring (bicyclic) bond motifs is 1. The van der Waals surface area contributed by atoms with Crippen molar-refractivity contribution in [3.63, 3.8) is 0 Å². The number of benzene rings is 3. The van der Waals surface area contributed by atoms with Crippen LogP contribution >= 0.6 is 0 Å². The number of carbonyl (C=O) groups excluding carboxylic acids is 1. The Kier molecular flexibility index (Phi) is 9.01. The van der Waals surface area contributed by atoms with Crippen LogP contribution < -0.4 is 10.1 Å². The standard InChI is InChI=1S/C33H39N3O5S/c1-23-8-14-27(15-9-23)42(38,39)36-19-16-28-29(31(40-3)20-24(2)32(28)36)22-35-18-7-5-6-17-34-21-30(35)25-10-12-26(13-11-25)33(37)41-4/h8-16,19-20,30,34H,5-7,17-18,21-22H2,1-4H3/p+1. The smallest absolute Gasteiger partial charge is 0.337 e. The van der Waals surface area contributed by atoms with Gasteiger partial charge in [-0.1, -0.05) is 29.8 Å². The maximum Gasteiger partial charge on any atom is 0.337 e. The van der Waals surface area contributed by atoms with Gasteiger partial charge in [-0.25, -0.2) is 17.2 Å². The molecule has 0 amide bonds. The quantitative estimate of drug-likeness (QED) is 0.317. The van der Waals surface area contributed by atoms with Crippen molar-refractivity contribution in [3.8, 4) is 5.75 Å². The molecular formula is C33H40N3O5S+. The first-order chi connectivity index (χ1) is 20.2. The summed E-state index contributed by atoms with van der Waals surface area (Å²) in [6.45, 7) is 7.29. The molecule has 0 aliphatic carbocycles. The highest BCUT2D eigenvalue weighted by Crippen LogP contribution is 2.36. The number of ether oxygens (including phenoxy) is 2. The zero-order chi connectivity index (χ0) is 29.9. The monoisotopic (exact) mass is 590 g/mol. The summed E-state index contributed by atoms with van der Waals surface area (Å²) in [5, 5.41) is 3.23. The molecule has 1 unspecified atom stereocenters. The summed E-state index contributed by atoms with van der Waals surface area (Å²) in [5.41, 5.74) is 5.12. The van der Waals surface area contributed by atoms with Gasteiger partial charge in [0, 0.05) is 23.7 Å². The van der Waals surface area contributed by atoms with Gasteiger partial charge in [0.25, 0.3) is 10.0 Å². The first kappa shape index (κ1) is 29.8. The molecule has 1 saturated heterocycles. The molecule has 2 N–H and O–H groups in total. The normalized spacial score (nSPS) is 16.9. The average molecular weight is 591 g/mol. The maximum atomic E-state index is 13.8. The van der Waals surface area contributed by atoms with E-state index in [0.717, 1.165) is 65.9 Å². The van der Waals surface area contributed by atoms with Crippen LogP contribution in [0.4, 0.5) is 0 Å². The highest BCUT2D eigenvalue weighted by Gasteiger charge is 2.28. The number of hydrogen-bond donors (Lipinski definition) is 1. The number of nitrogens with zero attached hydrogens (tertiary/aromatic N) is 2. The van der Waals surface area contributed by atoms with Crippen LogP contribution in [0.2, 0.25) is 0 Å². The largest absolute Gasteiger partial charge is 0.496 e. The SMILES string of the molecule is COC(=O)c1ccc(C2C[NH2+]CCCCCN2Cc2c(OC)cc(C)c3c2ccn3S(=O)(=O)c2ccc(C)cc2)cc1. The van der Waals surface area contributed by atoms with Gasteiger partial charge in [0.05, 0.1) is 49.3 Å². The van der Waals surface area contributed by atoms with E-state index >= 15 is 0 Å². The number of esters is 1. The van der Waals surface area contributed by atoms with Crippen LogP contribution in [0.1, 0.15) is 57.9 Å². The van der Waals surface area contributed by atoms with Crippen molar-refractivity contribution in [2.24, 2.45) is 0 Å². The lowest BCUT2D eigenvalue weighted by atomic mass is 10.00. The van der Waals surface area contributed by atoms with Gasteiger partial charge in [-0.2, -0.15) is 0 Å². The van der Waals surface area contributed by atoms with E-state index in [1.54, 1.807) is 25.4 Å². The minimum Gasteiger partial charge on any atom is -0.496 e. The fourth-order valence-corrected chi connectivity index (χ4v) is 7.37. The molecule has 4 aromatic rings. The molecule has 3 aromatic carbocycles. The zero-order valence-corrected chi connectivity index (χ0v) is 25.6. The van der Waals surface area contributed by atoms with Crippen LogP contribution in [0.15, 0.2) is 71.8 Å². The second kappa shape index (κ2) is 12.7. The van der Waals surface area contributed by atoms with E-state index in [9.17, 15) is 13.2 Å². The summed E-state index contributed by atoms with van der Waals surface area (Å²) in [5.74, 6) is 0.394. The number of methoxy groups -OCH3 is 2. The predicted molar refractivity (Wildman–Crippen MR) is 163 cm³/mol. The lowest BCUT2D eigenvalue weighted by Crippen LogP contribution is -2.85. The van der Waals surface area contributed by atoms with Crippen LogP contribution in [0.3, 0.4) is 0 Å². The summed E-state index contributed by atoms with van der Waals surface area (Å²) < 4.78 is 39.7. The van der Waals surface area contributed by atoms with Crippen LogP contribution in [0, 0.1) is 13.8 Å². The molecule has 1 atom stereocenters. The predicted octanol–water partition coefficient (Wildman–Crippen LogP) is 4.58. The number of hydrogen-bond acceptors (Lipinski definition) is 6. The molecule has 1 aliphatic heterocycles. The van der Waals surface area contributed by atoms with Gasteiger partial charge < -0.3 is 14.8 Å². The number of carbonyl (C=O) groups is 1. The molecule has 222 valence electrons. The minimum atomic E-state index is -3.79. The number of aromatic nitrogens is 1. The van der Waals surface area contributed by atoms with Crippen molar-refractivity contribution in [2.75, 3.05) is 33.9 Å². The lowest BCUT2D eigenvalue weighted by molar-refractivity contribution is -0.659. The Balaban J connectivity index is 1.58. The molecule has 42 heavy (non-hydrogen) atoms. The molecular weight excluding hydrogens is 550 g/mol. The molecule has 5 rings (SSSR count). The number of rotatable bonds is 7. The van der Waals surface area contributed by atoms with Gasteiger partial charge in [-0.3, -0.25) is 4.90 Å². The number of aryl methyl sites for hydroxylation is 2. The highest BCUT2D eigenvalue weighted by atomic mass is 32.2. The van der Waals surface area contributed by atoms with Crippen molar-refractivity contribution in [1.82, 2.24) is 8.87 Å². The summed E-state index contributed by atoms with van der Waals surface area (Å²) >= 11 is 0. The molecule has 1 aliphatic rings. The highest BCUT2D eigenvalue weighted by molar-refractivity contribution is 7.90. The number of quaternary nitrogens is 1. The first-order valence-electron chi connectivity index (χ1n) is 14.5. The van der Waals surface area contributed by atoms with Crippen LogP contribution in [-0.4, -0.2) is 57.1 Å². The molecule has 8 nitrogen and oxygen atoms in total. The Morgan fingerprint density at radius 2 is 1.71 bits per heavy atom. The summed E-state index contributed by atoms with van der Waals surface area (Å²) in [6.07, 6.45) is 5.03. The third kappa shape index (κ3) is 5.95. The fraction of sp³-hybridized carbons (Fsp3) is 0.364. The van der Waals surface area contributed by atoms with Gasteiger partial charge in [-0.15, -0.1) is 0 Å². The summed E-state index contributed by atoms with van der Waals surface area (Å²) in [7, 11) is -0.739. The molecule has 0 bridgehead atoms. The first-order valence-corrected chi connectivity index (χ1v) is 15.9. The molecule has 0 spiro atoms. The number of nitrogens with two attached hydrogens (primary N) is 1. The molecule has 1 aromatic heterocycles. The Bertz CT molecular complexity index is 1660. The van der Waals surface area contributed by atoms with E-state index in [0.29, 0.717) is 17.6 Å². The summed E-state index contributed by atoms with van der Waals surface area (Å²) in [4.78, 5) is 14.8. The van der Waals surface area contributed by atoms with Crippen LogP contribution in [0.5, 0.6) is 5.75 Å². The van der Waals surface area contributed by atoms with E-state index in [4.69, 9.17) is 9.47 Å². The van der Waals surface area contributed by atoms with Crippen LogP contribution in [0.25, 0.3) is 10.9 Å². The second-order valence-electron chi connectivity index (χ2n) is 11.0. The van der Waals surface area contributed by atoms with Gasteiger partial charge in [0.15, 0.2) is 0 Å². The molecule has 9 heteroatoms. The fourth-order valence-electron chi connectivity index (χ4n) is 5.96. The van der Waals surface area contributed by atoms with E-state index < -0.39 is 10.0 Å². The van der Waals surface area contributed by atoms with Crippen LogP contribution in [-0.2, 0) is 21.3 Å². The van der Waals surface area contributed by atoms with E-state index in [1.807, 2.05) is 62.4 Å². The molecule has 1 fully saturated rings. The van der Waals surface area contributed by atoms with Crippen molar-refractivity contribution in [3.05, 3.63) is 94.7 Å². The van der Waals surface area contributed by atoms with E-state index in [1.165, 1.54) is 17.5 Å². The topological polar surface area (TPSA) is 94.4 Å². The third-order valence-electron chi connectivity index (χ3n) is 8.26. The maximum absolute atomic E-state index is 13.8. The van der Waals surface area contributed by atoms with Crippen molar-refractivity contribution >= 4 is 26.9 Å². The minimum absolute atomic E-state index is 0.0919. The van der Waals surface area contributed by atoms with E-state index in [2.05, 4.69) is 10.2 Å². The van der Waals surface area contributed by atoms with E-state index in [-0.39, 0.29) is 16.9 Å². The van der Waals surface area contributed by atoms with Crippen molar-refractivity contribution in [1.29, 1.82) is 0 Å². The Labute approximate surface area is 248 Å². The zero-order valence-electron chi connectivity index (χ0n) is 24.8. The Morgan fingerprint density at radius 3 is 2.40 bits per heavy atom. The molecule has 2 heterocycles. The summed E-state index contributed by atoms with van der Waals surface area (Å²) in [6, 6.07) is 18.6. The third-order valence-corrected chi connectivity index (χ3v) is 9.95. The lowest BCUT2D eigenvalue weighted by Gasteiger charge is -2.31. The van der Waals surface area contributed by atoms with Gasteiger partial charge >= 0.3 is 5.97 Å². The van der Waals surface area contributed by atoms with Gasteiger partial charge in [-0.05, 0) is 87.2 Å². The van der Waals surface area contributed by atoms with Gasteiger partial charge in [0.2, 0.25) is 0 Å². The molecule has 0 saturated carbocycles. The van der Waals surface area contributed by atoms with Gasteiger partial charge in [0.1, 0.15) is 5.75 Å². The Hall–Kier alpha value is -3.66. The second-order valence-corrected chi connectivity index (χ2v) is 12.9. The molecule has 0 radical (unpaired) electrons. The van der Waals surface area contributed by atoms with Crippen molar-refractivity contribution < 1.29 is 28.0 Å².